The maximum absolute atomic E-state index is 13.5. The van der Waals surface area contributed by atoms with Crippen molar-refractivity contribution in [2.24, 2.45) is 0 Å². The molecule has 1 amide bonds. The number of rotatable bonds is 7. The fourth-order valence-electron chi connectivity index (χ4n) is 3.12. The van der Waals surface area contributed by atoms with Crippen molar-refractivity contribution < 1.29 is 40.7 Å². The van der Waals surface area contributed by atoms with Crippen LogP contribution in [0.15, 0.2) is 29.3 Å². The molecule has 0 saturated heterocycles. The number of alkyl halides is 3. The minimum absolute atomic E-state index is 0.0804. The van der Waals surface area contributed by atoms with E-state index >= 15 is 0 Å². The Morgan fingerprint density at radius 3 is 2.60 bits per heavy atom. The molecule has 0 radical (unpaired) electrons. The molecule has 1 aliphatic heterocycles. The van der Waals surface area contributed by atoms with E-state index in [9.17, 15) is 31.2 Å². The van der Waals surface area contributed by atoms with Gasteiger partial charge in [0.25, 0.3) is 15.8 Å². The normalized spacial score (nSPS) is 16.8. The number of fused-ring (bicyclic) bond motifs is 1. The number of halogens is 4. The first-order valence-electron chi connectivity index (χ1n) is 10.4. The number of nitrogens with zero attached hydrogens (tertiary/aromatic N) is 3. The van der Waals surface area contributed by atoms with Gasteiger partial charge in [0, 0.05) is 18.4 Å². The lowest BCUT2D eigenvalue weighted by molar-refractivity contribution is -0.178. The molecule has 192 valence electrons. The molecule has 10 nitrogen and oxygen atoms in total. The largest absolute Gasteiger partial charge is 0.478 e. The van der Waals surface area contributed by atoms with Crippen molar-refractivity contribution in [3.05, 3.63) is 29.5 Å². The van der Waals surface area contributed by atoms with E-state index in [1.165, 1.54) is 16.8 Å². The maximum atomic E-state index is 13.5. The molecule has 0 bridgehead atoms. The molecule has 3 rings (SSSR count). The van der Waals surface area contributed by atoms with Gasteiger partial charge in [-0.2, -0.15) is 18.3 Å². The van der Waals surface area contributed by atoms with Crippen molar-refractivity contribution in [3.8, 4) is 5.75 Å². The molecule has 2 atom stereocenters. The number of hydrogen-bond donors (Lipinski definition) is 1. The van der Waals surface area contributed by atoms with E-state index in [2.05, 4.69) is 10.4 Å². The van der Waals surface area contributed by atoms with Crippen molar-refractivity contribution in [2.45, 2.75) is 57.0 Å². The summed E-state index contributed by atoms with van der Waals surface area (Å²) in [6, 6.07) is 3.59. The number of Topliss-reactive ketones (excluding diaryl/α,β-unsaturated/α-hetero) is 1. The number of sulfonamides is 1. The molecule has 1 aliphatic rings. The minimum Gasteiger partial charge on any atom is -0.478 e. The number of amides is 1. The van der Waals surface area contributed by atoms with Crippen LogP contribution >= 0.6 is 11.6 Å². The van der Waals surface area contributed by atoms with Crippen LogP contribution < -0.4 is 14.4 Å². The van der Waals surface area contributed by atoms with Gasteiger partial charge >= 0.3 is 12.3 Å². The van der Waals surface area contributed by atoms with Crippen molar-refractivity contribution >= 4 is 44.9 Å². The van der Waals surface area contributed by atoms with Crippen LogP contribution in [0, 0.1) is 0 Å². The molecular formula is C20H22ClF3N4O6S. The van der Waals surface area contributed by atoms with E-state index in [0.29, 0.717) is 10.7 Å². The van der Waals surface area contributed by atoms with Crippen LogP contribution in [-0.4, -0.2) is 55.0 Å². The third kappa shape index (κ3) is 5.64. The van der Waals surface area contributed by atoms with Crippen LogP contribution in [0.4, 0.5) is 29.3 Å². The molecule has 0 spiro atoms. The van der Waals surface area contributed by atoms with Gasteiger partial charge < -0.3 is 9.47 Å². The fourth-order valence-corrected chi connectivity index (χ4v) is 5.04. The zero-order valence-electron chi connectivity index (χ0n) is 18.8. The first-order chi connectivity index (χ1) is 16.3. The summed E-state index contributed by atoms with van der Waals surface area (Å²) in [5.74, 6) is -2.57. The Bertz CT molecular complexity index is 1230. The highest BCUT2D eigenvalue weighted by Gasteiger charge is 2.49. The van der Waals surface area contributed by atoms with Crippen molar-refractivity contribution in [1.82, 2.24) is 9.78 Å². The maximum Gasteiger partial charge on any atom is 0.454 e. The highest BCUT2D eigenvalue weighted by molar-refractivity contribution is 7.93. The summed E-state index contributed by atoms with van der Waals surface area (Å²) in [5.41, 5.74) is -0.130. The fraction of sp³-hybridized carbons (Fsp3) is 0.450. The topological polar surface area (TPSA) is 120 Å². The number of ketones is 1. The molecule has 35 heavy (non-hydrogen) atoms. The van der Waals surface area contributed by atoms with E-state index in [4.69, 9.17) is 21.1 Å². The Morgan fingerprint density at radius 2 is 2.03 bits per heavy atom. The number of nitrogens with one attached hydrogen (secondary N) is 1. The molecule has 0 fully saturated rings. The monoisotopic (exact) mass is 538 g/mol. The highest BCUT2D eigenvalue weighted by Crippen LogP contribution is 2.41. The molecule has 15 heteroatoms. The molecule has 2 heterocycles. The van der Waals surface area contributed by atoms with Crippen molar-refractivity contribution in [1.29, 1.82) is 0 Å². The van der Waals surface area contributed by atoms with Gasteiger partial charge in [0.1, 0.15) is 16.7 Å². The predicted octanol–water partition coefficient (Wildman–Crippen LogP) is 3.99. The summed E-state index contributed by atoms with van der Waals surface area (Å²) in [6.07, 6.45) is -6.95. The number of carbonyl (C=O) groups excluding carboxylic acids is 2. The number of carbonyl (C=O) groups is 2. The number of ether oxygens (including phenoxy) is 2. The van der Waals surface area contributed by atoms with Gasteiger partial charge in [-0.05, 0) is 38.5 Å². The summed E-state index contributed by atoms with van der Waals surface area (Å²) >= 11 is 6.00. The molecule has 2 aromatic rings. The smallest absolute Gasteiger partial charge is 0.454 e. The Morgan fingerprint density at radius 1 is 1.34 bits per heavy atom. The second-order valence-corrected chi connectivity index (χ2v) is 9.76. The first kappa shape index (κ1) is 26.6. The Kier molecular flexibility index (Phi) is 7.55. The average molecular weight is 539 g/mol. The van der Waals surface area contributed by atoms with Gasteiger partial charge in [-0.15, -0.1) is 0 Å². The van der Waals surface area contributed by atoms with Gasteiger partial charge in [-0.1, -0.05) is 18.5 Å². The summed E-state index contributed by atoms with van der Waals surface area (Å²) in [6.45, 7) is 4.45. The number of hydrogen-bond acceptors (Lipinski definition) is 7. The second-order valence-electron chi connectivity index (χ2n) is 7.58. The van der Waals surface area contributed by atoms with Crippen LogP contribution in [0.25, 0.3) is 0 Å². The van der Waals surface area contributed by atoms with Crippen LogP contribution in [0.5, 0.6) is 5.75 Å². The van der Waals surface area contributed by atoms with Crippen molar-refractivity contribution in [2.75, 3.05) is 16.2 Å². The number of anilines is 2. The summed E-state index contributed by atoms with van der Waals surface area (Å²) < 4.78 is 78.4. The Balaban J connectivity index is 2.06. The average Bonchev–Trinajstić information content (AvgIpc) is 3.18. The van der Waals surface area contributed by atoms with Gasteiger partial charge in [-0.3, -0.25) is 19.1 Å². The molecule has 2 unspecified atom stereocenters. The van der Waals surface area contributed by atoms with Gasteiger partial charge in [0.05, 0.1) is 12.2 Å². The zero-order chi connectivity index (χ0) is 26.1. The quantitative estimate of drug-likeness (QED) is 0.566. The molecule has 1 aromatic carbocycles. The molecule has 0 aliphatic carbocycles. The standard InChI is InChI=1S/C20H22ClF3N4O6S/c1-4-11(3)33-19(30)25-12-6-7-14-13(8-12)28(9-15(34-14)17(29)20(22,23)24)35(31,32)16-10-27(5-2)26-18(16)21/h6-8,10-11,15H,4-5,9H2,1-3H3,(H,25,30). The van der Waals surface area contributed by atoms with Gasteiger partial charge in [-0.25, -0.2) is 13.2 Å². The van der Waals surface area contributed by atoms with Crippen LogP contribution in [0.3, 0.4) is 0 Å². The second kappa shape index (κ2) is 9.93. The minimum atomic E-state index is -5.26. The molecular weight excluding hydrogens is 517 g/mol. The SMILES string of the molecule is CCC(C)OC(=O)Nc1ccc2c(c1)N(S(=O)(=O)c1cn(CC)nc1Cl)CC(C(=O)C(F)(F)F)O2. The van der Waals surface area contributed by atoms with Crippen LogP contribution in [-0.2, 0) is 26.1 Å². The Labute approximate surface area is 204 Å². The number of benzene rings is 1. The van der Waals surface area contributed by atoms with Gasteiger partial charge in [0.15, 0.2) is 11.3 Å². The van der Waals surface area contributed by atoms with E-state index < -0.39 is 50.8 Å². The Hall–Kier alpha value is -3.00. The lowest BCUT2D eigenvalue weighted by atomic mass is 10.1. The lowest BCUT2D eigenvalue weighted by Gasteiger charge is -2.35. The highest BCUT2D eigenvalue weighted by atomic mass is 35.5. The predicted molar refractivity (Wildman–Crippen MR) is 119 cm³/mol. The zero-order valence-corrected chi connectivity index (χ0v) is 20.4. The molecule has 0 saturated carbocycles. The first-order valence-corrected chi connectivity index (χ1v) is 12.2. The van der Waals surface area contributed by atoms with E-state index in [1.54, 1.807) is 20.8 Å². The summed E-state index contributed by atoms with van der Waals surface area (Å²) in [5, 5.41) is 5.88. The van der Waals surface area contributed by atoms with E-state index in [-0.39, 0.29) is 29.8 Å². The lowest BCUT2D eigenvalue weighted by Crippen LogP contribution is -2.50. The van der Waals surface area contributed by atoms with Crippen molar-refractivity contribution in [3.63, 3.8) is 0 Å². The summed E-state index contributed by atoms with van der Waals surface area (Å²) in [7, 11) is -4.60. The third-order valence-corrected chi connectivity index (χ3v) is 7.28. The number of aryl methyl sites for hydroxylation is 1. The molecule has 1 aromatic heterocycles. The van der Waals surface area contributed by atoms with Gasteiger partial charge in [0.2, 0.25) is 0 Å². The van der Waals surface area contributed by atoms with Crippen LogP contribution in [0.2, 0.25) is 5.15 Å². The summed E-state index contributed by atoms with van der Waals surface area (Å²) in [4.78, 5) is 23.5. The third-order valence-electron chi connectivity index (χ3n) is 5.11. The van der Waals surface area contributed by atoms with E-state index in [1.807, 2.05) is 0 Å². The van der Waals surface area contributed by atoms with E-state index in [0.717, 1.165) is 12.3 Å². The number of aromatic nitrogens is 2. The molecule has 1 N–H and O–H groups in total. The van der Waals surface area contributed by atoms with Crippen LogP contribution in [0.1, 0.15) is 27.2 Å².